The second-order valence-corrected chi connectivity index (χ2v) is 6.40. The van der Waals surface area contributed by atoms with E-state index in [9.17, 15) is 9.18 Å². The van der Waals surface area contributed by atoms with Crippen LogP contribution in [0.1, 0.15) is 33.3 Å². The van der Waals surface area contributed by atoms with Crippen molar-refractivity contribution >= 4 is 24.5 Å². The summed E-state index contributed by atoms with van der Waals surface area (Å²) < 4.78 is 19.3. The van der Waals surface area contributed by atoms with Crippen LogP contribution >= 0.6 is 12.6 Å². The van der Waals surface area contributed by atoms with Crippen molar-refractivity contribution < 1.29 is 13.9 Å². The molecule has 0 fully saturated rings. The molecule has 2 atom stereocenters. The van der Waals surface area contributed by atoms with Gasteiger partial charge in [0.05, 0.1) is 0 Å². The first-order valence-electron chi connectivity index (χ1n) is 7.38. The summed E-state index contributed by atoms with van der Waals surface area (Å²) in [6.45, 7) is 8.07. The van der Waals surface area contributed by atoms with E-state index in [1.807, 2.05) is 27.7 Å². The number of nitrogens with one attached hydrogen (secondary N) is 1. The van der Waals surface area contributed by atoms with Crippen LogP contribution in [0.15, 0.2) is 24.3 Å². The molecule has 0 aliphatic rings. The van der Waals surface area contributed by atoms with E-state index < -0.39 is 5.82 Å². The van der Waals surface area contributed by atoms with Crippen LogP contribution in [0.4, 0.5) is 4.39 Å². The minimum atomic E-state index is -0.392. The van der Waals surface area contributed by atoms with Gasteiger partial charge < -0.3 is 10.1 Å². The molecule has 0 aromatic heterocycles. The van der Waals surface area contributed by atoms with Crippen LogP contribution in [-0.2, 0) is 4.79 Å². The van der Waals surface area contributed by atoms with Crippen LogP contribution in [-0.4, -0.2) is 23.8 Å². The summed E-state index contributed by atoms with van der Waals surface area (Å²) in [6, 6.07) is 4.42. The van der Waals surface area contributed by atoms with E-state index in [1.165, 1.54) is 18.2 Å². The number of thiol groups is 1. The number of hydrogen-bond acceptors (Lipinski definition) is 4. The van der Waals surface area contributed by atoms with Gasteiger partial charge in [0.25, 0.3) is 0 Å². The third-order valence-electron chi connectivity index (χ3n) is 2.94. The Hall–Kier alpha value is -1.33. The van der Waals surface area contributed by atoms with E-state index in [2.05, 4.69) is 17.9 Å². The summed E-state index contributed by atoms with van der Waals surface area (Å²) >= 11 is 4.23. The Balaban J connectivity index is 2.75. The van der Waals surface area contributed by atoms with Gasteiger partial charge in [0.15, 0.2) is 5.78 Å². The highest BCUT2D eigenvalue weighted by molar-refractivity contribution is 7.80. The SMILES string of the molecule is CC(S)NCC(C)Oc1cc(F)cc(/C=C/C(=O)C(C)C)c1. The maximum Gasteiger partial charge on any atom is 0.158 e. The molecule has 0 aliphatic carbocycles. The maximum atomic E-state index is 13.6. The predicted molar refractivity (Wildman–Crippen MR) is 91.8 cm³/mol. The number of benzene rings is 1. The molecule has 0 saturated carbocycles. The van der Waals surface area contributed by atoms with E-state index in [1.54, 1.807) is 12.1 Å². The van der Waals surface area contributed by atoms with Gasteiger partial charge in [-0.25, -0.2) is 4.39 Å². The highest BCUT2D eigenvalue weighted by Gasteiger charge is 2.08. The number of carbonyl (C=O) groups excluding carboxylic acids is 1. The number of ketones is 1. The molecule has 0 radical (unpaired) electrons. The minimum Gasteiger partial charge on any atom is -0.489 e. The Bertz CT molecular complexity index is 529. The summed E-state index contributed by atoms with van der Waals surface area (Å²) in [5, 5.41) is 3.20. The van der Waals surface area contributed by atoms with Crippen molar-refractivity contribution in [2.45, 2.75) is 39.2 Å². The second kappa shape index (κ2) is 8.96. The fourth-order valence-electron chi connectivity index (χ4n) is 1.73. The van der Waals surface area contributed by atoms with Gasteiger partial charge in [-0.05, 0) is 37.6 Å². The molecule has 1 aromatic carbocycles. The average Bonchev–Trinajstić information content (AvgIpc) is 2.41. The maximum absolute atomic E-state index is 13.6. The van der Waals surface area contributed by atoms with Crippen molar-refractivity contribution in [3.63, 3.8) is 0 Å². The van der Waals surface area contributed by atoms with Crippen LogP contribution in [0.25, 0.3) is 6.08 Å². The lowest BCUT2D eigenvalue weighted by Crippen LogP contribution is -2.32. The monoisotopic (exact) mass is 325 g/mol. The molecule has 0 saturated heterocycles. The summed E-state index contributed by atoms with van der Waals surface area (Å²) in [7, 11) is 0. The lowest BCUT2D eigenvalue weighted by molar-refractivity contribution is -0.117. The predicted octanol–water partition coefficient (Wildman–Crippen LogP) is 3.70. The number of allylic oxidation sites excluding steroid dienone is 1. The normalized spacial score (nSPS) is 14.3. The molecular formula is C17H24FNO2S. The number of halogens is 1. The van der Waals surface area contributed by atoms with Gasteiger partial charge in [-0.2, -0.15) is 12.6 Å². The van der Waals surface area contributed by atoms with Crippen LogP contribution in [0.2, 0.25) is 0 Å². The Labute approximate surface area is 137 Å². The number of rotatable bonds is 8. The van der Waals surface area contributed by atoms with Crippen molar-refractivity contribution in [1.29, 1.82) is 0 Å². The minimum absolute atomic E-state index is 0.00654. The molecule has 1 rings (SSSR count). The largest absolute Gasteiger partial charge is 0.489 e. The van der Waals surface area contributed by atoms with Crippen molar-refractivity contribution in [2.24, 2.45) is 5.92 Å². The zero-order chi connectivity index (χ0) is 16.7. The molecule has 0 spiro atoms. The Kier molecular flexibility index (Phi) is 7.62. The summed E-state index contributed by atoms with van der Waals surface area (Å²) in [5.41, 5.74) is 0.603. The third kappa shape index (κ3) is 7.09. The van der Waals surface area contributed by atoms with E-state index >= 15 is 0 Å². The molecule has 3 nitrogen and oxygen atoms in total. The second-order valence-electron chi connectivity index (χ2n) is 5.62. The molecular weight excluding hydrogens is 301 g/mol. The fraction of sp³-hybridized carbons (Fsp3) is 0.471. The molecule has 0 heterocycles. The van der Waals surface area contributed by atoms with E-state index in [0.29, 0.717) is 17.9 Å². The van der Waals surface area contributed by atoms with Crippen molar-refractivity contribution in [2.75, 3.05) is 6.54 Å². The Morgan fingerprint density at radius 1 is 1.32 bits per heavy atom. The lowest BCUT2D eigenvalue weighted by atomic mass is 10.1. The smallest absolute Gasteiger partial charge is 0.158 e. The standard InChI is InChI=1S/C17H24FNO2S/c1-11(2)17(20)6-5-14-7-15(18)9-16(8-14)21-12(3)10-19-13(4)22/h5-9,11-13,19,22H,10H2,1-4H3/b6-5+. The van der Waals surface area contributed by atoms with E-state index in [0.717, 1.165) is 0 Å². The fourth-order valence-corrected chi connectivity index (χ4v) is 1.84. The van der Waals surface area contributed by atoms with Crippen molar-refractivity contribution in [3.05, 3.63) is 35.7 Å². The molecule has 0 bridgehead atoms. The Morgan fingerprint density at radius 3 is 2.59 bits per heavy atom. The van der Waals surface area contributed by atoms with Gasteiger partial charge in [-0.3, -0.25) is 4.79 Å². The first kappa shape index (κ1) is 18.7. The molecule has 5 heteroatoms. The first-order valence-corrected chi connectivity index (χ1v) is 7.90. The molecule has 1 aromatic rings. The molecule has 0 aliphatic heterocycles. The van der Waals surface area contributed by atoms with Crippen molar-refractivity contribution in [3.8, 4) is 5.75 Å². The summed E-state index contributed by atoms with van der Waals surface area (Å²) in [6.07, 6.45) is 2.96. The lowest BCUT2D eigenvalue weighted by Gasteiger charge is -2.17. The Morgan fingerprint density at radius 2 is 2.00 bits per heavy atom. The van der Waals surface area contributed by atoms with Gasteiger partial charge in [0, 0.05) is 23.9 Å². The van der Waals surface area contributed by atoms with Crippen LogP contribution in [0.3, 0.4) is 0 Å². The number of hydrogen-bond donors (Lipinski definition) is 2. The van der Waals surface area contributed by atoms with Crippen molar-refractivity contribution in [1.82, 2.24) is 5.32 Å². The van der Waals surface area contributed by atoms with Gasteiger partial charge in [0.2, 0.25) is 0 Å². The van der Waals surface area contributed by atoms with Crippen LogP contribution in [0, 0.1) is 11.7 Å². The molecule has 22 heavy (non-hydrogen) atoms. The first-order chi connectivity index (χ1) is 10.3. The summed E-state index contributed by atoms with van der Waals surface area (Å²) in [4.78, 5) is 11.6. The molecule has 2 unspecified atom stereocenters. The molecule has 0 amide bonds. The van der Waals surface area contributed by atoms with E-state index in [4.69, 9.17) is 4.74 Å². The number of carbonyl (C=O) groups is 1. The van der Waals surface area contributed by atoms with Gasteiger partial charge in [0.1, 0.15) is 17.7 Å². The van der Waals surface area contributed by atoms with Gasteiger partial charge in [-0.15, -0.1) is 0 Å². The highest BCUT2D eigenvalue weighted by Crippen LogP contribution is 2.19. The van der Waals surface area contributed by atoms with Gasteiger partial charge in [-0.1, -0.05) is 19.9 Å². The zero-order valence-corrected chi connectivity index (χ0v) is 14.4. The summed E-state index contributed by atoms with van der Waals surface area (Å²) in [5.74, 6) is -0.0171. The quantitative estimate of drug-likeness (QED) is 0.435. The van der Waals surface area contributed by atoms with Crippen LogP contribution < -0.4 is 10.1 Å². The van der Waals surface area contributed by atoms with Gasteiger partial charge >= 0.3 is 0 Å². The molecule has 1 N–H and O–H groups in total. The topological polar surface area (TPSA) is 38.3 Å². The third-order valence-corrected chi connectivity index (χ3v) is 3.12. The van der Waals surface area contributed by atoms with E-state index in [-0.39, 0.29) is 23.2 Å². The zero-order valence-electron chi connectivity index (χ0n) is 13.5. The molecule has 122 valence electrons. The average molecular weight is 325 g/mol. The number of ether oxygens (including phenoxy) is 1. The highest BCUT2D eigenvalue weighted by atomic mass is 32.1. The van der Waals surface area contributed by atoms with Crippen LogP contribution in [0.5, 0.6) is 5.75 Å².